The van der Waals surface area contributed by atoms with Gasteiger partial charge in [0.25, 0.3) is 0 Å². The molecule has 19 heavy (non-hydrogen) atoms. The molecule has 104 valence electrons. The van der Waals surface area contributed by atoms with Gasteiger partial charge in [-0.3, -0.25) is 4.79 Å². The van der Waals surface area contributed by atoms with E-state index in [2.05, 4.69) is 13.8 Å². The summed E-state index contributed by atoms with van der Waals surface area (Å²) < 4.78 is 0. The maximum absolute atomic E-state index is 11.9. The average Bonchev–Trinajstić information content (AvgIpc) is 2.70. The molecule has 2 unspecified atom stereocenters. The molecular weight excluding hydrogens is 262 g/mol. The molecule has 1 saturated heterocycles. The highest BCUT2D eigenvalue weighted by Crippen LogP contribution is 2.31. The third-order valence-corrected chi connectivity index (χ3v) is 3.74. The Labute approximate surface area is 119 Å². The van der Waals surface area contributed by atoms with Crippen LogP contribution in [0.3, 0.4) is 0 Å². The van der Waals surface area contributed by atoms with Crippen LogP contribution in [-0.4, -0.2) is 29.0 Å². The Morgan fingerprint density at radius 2 is 2.00 bits per heavy atom. The molecule has 0 saturated carbocycles. The van der Waals surface area contributed by atoms with Crippen molar-refractivity contribution < 1.29 is 9.90 Å². The SMILES string of the molecule is CC(C)CN1CC(C(O)c2ccc(Cl)cc2)CC1=O. The van der Waals surface area contributed by atoms with E-state index in [-0.39, 0.29) is 11.8 Å². The molecule has 1 amide bonds. The Bertz CT molecular complexity index is 444. The number of carbonyl (C=O) groups is 1. The molecule has 1 heterocycles. The molecule has 0 bridgehead atoms. The van der Waals surface area contributed by atoms with Crippen LogP contribution in [0.5, 0.6) is 0 Å². The molecule has 1 aromatic carbocycles. The number of carbonyl (C=O) groups excluding carboxylic acids is 1. The Hall–Kier alpha value is -1.06. The van der Waals surface area contributed by atoms with Crippen LogP contribution in [0.4, 0.5) is 0 Å². The van der Waals surface area contributed by atoms with Gasteiger partial charge in [-0.1, -0.05) is 37.6 Å². The number of hydrogen-bond acceptors (Lipinski definition) is 2. The second-order valence-electron chi connectivity index (χ2n) is 5.65. The monoisotopic (exact) mass is 281 g/mol. The minimum Gasteiger partial charge on any atom is -0.388 e. The van der Waals surface area contributed by atoms with Crippen molar-refractivity contribution in [3.63, 3.8) is 0 Å². The third-order valence-electron chi connectivity index (χ3n) is 3.49. The summed E-state index contributed by atoms with van der Waals surface area (Å²) in [5, 5.41) is 11.0. The fourth-order valence-electron chi connectivity index (χ4n) is 2.56. The predicted molar refractivity (Wildman–Crippen MR) is 75.9 cm³/mol. The first-order valence-electron chi connectivity index (χ1n) is 6.68. The molecule has 1 aliphatic heterocycles. The van der Waals surface area contributed by atoms with Crippen LogP contribution in [0.15, 0.2) is 24.3 Å². The quantitative estimate of drug-likeness (QED) is 0.922. The van der Waals surface area contributed by atoms with Gasteiger partial charge in [-0.15, -0.1) is 0 Å². The third kappa shape index (κ3) is 3.48. The number of benzene rings is 1. The summed E-state index contributed by atoms with van der Waals surface area (Å²) in [7, 11) is 0. The first kappa shape index (κ1) is 14.4. The fraction of sp³-hybridized carbons (Fsp3) is 0.533. The number of likely N-dealkylation sites (tertiary alicyclic amines) is 1. The summed E-state index contributed by atoms with van der Waals surface area (Å²) in [4.78, 5) is 13.8. The summed E-state index contributed by atoms with van der Waals surface area (Å²) >= 11 is 5.84. The van der Waals surface area contributed by atoms with Gasteiger partial charge in [-0.25, -0.2) is 0 Å². The molecule has 1 N–H and O–H groups in total. The number of nitrogens with zero attached hydrogens (tertiary/aromatic N) is 1. The van der Waals surface area contributed by atoms with Crippen LogP contribution in [0.2, 0.25) is 5.02 Å². The van der Waals surface area contributed by atoms with E-state index >= 15 is 0 Å². The Morgan fingerprint density at radius 3 is 2.58 bits per heavy atom. The minimum absolute atomic E-state index is 0.0209. The van der Waals surface area contributed by atoms with Gasteiger partial charge in [0.1, 0.15) is 0 Å². The highest BCUT2D eigenvalue weighted by Gasteiger charge is 2.34. The molecule has 1 aromatic rings. The zero-order chi connectivity index (χ0) is 14.0. The maximum Gasteiger partial charge on any atom is 0.223 e. The molecule has 2 rings (SSSR count). The van der Waals surface area contributed by atoms with Crippen molar-refractivity contribution in [3.8, 4) is 0 Å². The number of hydrogen-bond donors (Lipinski definition) is 1. The van der Waals surface area contributed by atoms with E-state index in [0.717, 1.165) is 12.1 Å². The number of rotatable bonds is 4. The van der Waals surface area contributed by atoms with Crippen molar-refractivity contribution in [2.45, 2.75) is 26.4 Å². The molecule has 1 fully saturated rings. The van der Waals surface area contributed by atoms with Crippen molar-refractivity contribution in [3.05, 3.63) is 34.9 Å². The fourth-order valence-corrected chi connectivity index (χ4v) is 2.69. The molecule has 0 aromatic heterocycles. The Morgan fingerprint density at radius 1 is 1.37 bits per heavy atom. The highest BCUT2D eigenvalue weighted by molar-refractivity contribution is 6.30. The van der Waals surface area contributed by atoms with Crippen molar-refractivity contribution in [1.82, 2.24) is 4.90 Å². The molecule has 3 nitrogen and oxygen atoms in total. The second-order valence-corrected chi connectivity index (χ2v) is 6.09. The van der Waals surface area contributed by atoms with E-state index in [1.807, 2.05) is 17.0 Å². The van der Waals surface area contributed by atoms with Crippen LogP contribution in [0.25, 0.3) is 0 Å². The molecular formula is C15H20ClNO2. The zero-order valence-electron chi connectivity index (χ0n) is 11.3. The van der Waals surface area contributed by atoms with Crippen molar-refractivity contribution in [1.29, 1.82) is 0 Å². The number of halogens is 1. The Balaban J connectivity index is 2.03. The van der Waals surface area contributed by atoms with Crippen molar-refractivity contribution in [2.24, 2.45) is 11.8 Å². The predicted octanol–water partition coefficient (Wildman–Crippen LogP) is 2.88. The minimum atomic E-state index is -0.599. The van der Waals surface area contributed by atoms with Crippen LogP contribution in [0.1, 0.15) is 31.9 Å². The lowest BCUT2D eigenvalue weighted by Crippen LogP contribution is -2.29. The first-order valence-corrected chi connectivity index (χ1v) is 7.06. The summed E-state index contributed by atoms with van der Waals surface area (Å²) in [6.07, 6.45) is -0.172. The van der Waals surface area contributed by atoms with Gasteiger partial charge in [0.15, 0.2) is 0 Å². The lowest BCUT2D eigenvalue weighted by atomic mass is 9.95. The van der Waals surface area contributed by atoms with Crippen molar-refractivity contribution >= 4 is 17.5 Å². The van der Waals surface area contributed by atoms with Crippen molar-refractivity contribution in [2.75, 3.05) is 13.1 Å². The van der Waals surface area contributed by atoms with E-state index in [9.17, 15) is 9.90 Å². The standard InChI is InChI=1S/C15H20ClNO2/c1-10(2)8-17-9-12(7-14(17)18)15(19)11-3-5-13(16)6-4-11/h3-6,10,12,15,19H,7-9H2,1-2H3. The lowest BCUT2D eigenvalue weighted by Gasteiger charge is -2.21. The molecule has 0 radical (unpaired) electrons. The molecule has 2 atom stereocenters. The van der Waals surface area contributed by atoms with Crippen LogP contribution >= 0.6 is 11.6 Å². The van der Waals surface area contributed by atoms with Crippen LogP contribution in [-0.2, 0) is 4.79 Å². The van der Waals surface area contributed by atoms with Gasteiger partial charge in [0, 0.05) is 30.5 Å². The summed E-state index contributed by atoms with van der Waals surface area (Å²) in [5.74, 6) is 0.578. The maximum atomic E-state index is 11.9. The Kier molecular flexibility index (Phi) is 4.48. The summed E-state index contributed by atoms with van der Waals surface area (Å²) in [6.45, 7) is 5.59. The molecule has 4 heteroatoms. The molecule has 1 aliphatic rings. The first-order chi connectivity index (χ1) is 8.97. The van der Waals surface area contributed by atoms with E-state index in [1.165, 1.54) is 0 Å². The number of amides is 1. The highest BCUT2D eigenvalue weighted by atomic mass is 35.5. The van der Waals surface area contributed by atoms with Gasteiger partial charge >= 0.3 is 0 Å². The number of aliphatic hydroxyl groups excluding tert-OH is 1. The van der Waals surface area contributed by atoms with Gasteiger partial charge < -0.3 is 10.0 Å². The molecule has 0 aliphatic carbocycles. The second kappa shape index (κ2) is 5.93. The van der Waals surface area contributed by atoms with E-state index in [0.29, 0.717) is 23.9 Å². The zero-order valence-corrected chi connectivity index (χ0v) is 12.1. The van der Waals surface area contributed by atoms with Gasteiger partial charge in [0.05, 0.1) is 6.10 Å². The summed E-state index contributed by atoms with van der Waals surface area (Å²) in [5.41, 5.74) is 0.827. The van der Waals surface area contributed by atoms with E-state index < -0.39 is 6.10 Å². The summed E-state index contributed by atoms with van der Waals surface area (Å²) in [6, 6.07) is 7.18. The largest absolute Gasteiger partial charge is 0.388 e. The average molecular weight is 282 g/mol. The topological polar surface area (TPSA) is 40.5 Å². The van der Waals surface area contributed by atoms with E-state index in [1.54, 1.807) is 12.1 Å². The van der Waals surface area contributed by atoms with Crippen LogP contribution < -0.4 is 0 Å². The van der Waals surface area contributed by atoms with Gasteiger partial charge in [-0.2, -0.15) is 0 Å². The van der Waals surface area contributed by atoms with Gasteiger partial charge in [0.2, 0.25) is 5.91 Å². The lowest BCUT2D eigenvalue weighted by molar-refractivity contribution is -0.128. The van der Waals surface area contributed by atoms with Gasteiger partial charge in [-0.05, 0) is 23.6 Å². The van der Waals surface area contributed by atoms with Crippen LogP contribution in [0, 0.1) is 11.8 Å². The smallest absolute Gasteiger partial charge is 0.223 e. The normalized spacial score (nSPS) is 21.2. The molecule has 0 spiro atoms. The van der Waals surface area contributed by atoms with E-state index in [4.69, 9.17) is 11.6 Å². The number of aliphatic hydroxyl groups is 1.